The van der Waals surface area contributed by atoms with Gasteiger partial charge in [0, 0.05) is 74.9 Å². The number of ketones is 1. The third-order valence-corrected chi connectivity index (χ3v) is 15.4. The quantitative estimate of drug-likeness (QED) is 0.108. The molecule has 2 aromatic heterocycles. The normalized spacial score (nSPS) is 15.4. The molecule has 2 fully saturated rings. The summed E-state index contributed by atoms with van der Waals surface area (Å²) >= 11 is 15.6. The van der Waals surface area contributed by atoms with Gasteiger partial charge in [-0.15, -0.1) is 0 Å². The average molecular weight is 958 g/mol. The fourth-order valence-electron chi connectivity index (χ4n) is 7.60. The molecule has 0 saturated carbocycles. The molecule has 13 nitrogen and oxygen atoms in total. The first-order chi connectivity index (χ1) is 29.3. The molecule has 8 rings (SSSR count). The molecule has 0 N–H and O–H groups in total. The maximum absolute atomic E-state index is 15.3. The molecule has 0 atom stereocenters. The maximum atomic E-state index is 15.3. The zero-order valence-electron chi connectivity index (χ0n) is 35.0. The van der Waals surface area contributed by atoms with Crippen LogP contribution in [0.3, 0.4) is 0 Å². The number of anilines is 4. The Bertz CT molecular complexity index is 2730. The molecule has 4 heterocycles. The molecule has 62 heavy (non-hydrogen) atoms. The molecular formula is C43H46Cl2N6O7S4. The van der Waals surface area contributed by atoms with E-state index in [1.165, 1.54) is 12.1 Å². The molecule has 2 aliphatic heterocycles. The van der Waals surface area contributed by atoms with Gasteiger partial charge >= 0.3 is 0 Å². The highest BCUT2D eigenvalue weighted by Crippen LogP contribution is 2.43. The molecule has 328 valence electrons. The van der Waals surface area contributed by atoms with Crippen LogP contribution in [0.1, 0.15) is 43.6 Å². The standard InChI is InChI=1S/C43H46Cl2N6O7S4/c1-25(2)57-40-31(21-29(61(5,53)54)23-35(40)48-11-15-50(16-12-48)42-46-33-9-7-27(44)19-37(33)59-42)39(52)32-22-30(62(6,55)56)24-36(41(32)58-26(3)4)49-13-17-51(18-14-49)43-47-34-10-8-28(45)20-38(34)60-43/h7-10,19-26H,11-18H2,1-6H3. The number of aromatic nitrogens is 2. The van der Waals surface area contributed by atoms with Crippen LogP contribution in [0.2, 0.25) is 10.0 Å². The van der Waals surface area contributed by atoms with E-state index in [1.54, 1.807) is 34.8 Å². The van der Waals surface area contributed by atoms with Gasteiger partial charge in [0.15, 0.2) is 41.4 Å². The number of carbonyl (C=O) groups is 1. The Balaban J connectivity index is 1.18. The van der Waals surface area contributed by atoms with Crippen LogP contribution in [0.15, 0.2) is 70.5 Å². The van der Waals surface area contributed by atoms with Gasteiger partial charge in [0.25, 0.3) is 0 Å². The Labute approximate surface area is 379 Å². The largest absolute Gasteiger partial charge is 0.488 e. The van der Waals surface area contributed by atoms with E-state index in [0.29, 0.717) is 73.8 Å². The van der Waals surface area contributed by atoms with Crippen LogP contribution in [0.25, 0.3) is 20.4 Å². The topological polar surface area (TPSA) is 143 Å². The molecule has 0 radical (unpaired) electrons. The third-order valence-electron chi connectivity index (χ3n) is 10.6. The lowest BCUT2D eigenvalue weighted by molar-refractivity contribution is 0.102. The SMILES string of the molecule is CC(C)Oc1c(C(=O)c2cc(S(C)(=O)=O)cc(N3CCN(c4nc5ccc(Cl)cc5s4)CC3)c2OC(C)C)cc(S(C)(=O)=O)cc1N1CCN(c2nc3ccc(Cl)cc3s2)CC1. The number of sulfone groups is 2. The lowest BCUT2D eigenvalue weighted by Gasteiger charge is -2.37. The number of benzene rings is 4. The smallest absolute Gasteiger partial charge is 0.200 e. The molecule has 2 aliphatic rings. The summed E-state index contributed by atoms with van der Waals surface area (Å²) in [4.78, 5) is 33.2. The molecular weight excluding hydrogens is 912 g/mol. The Morgan fingerprint density at radius 1 is 0.581 bits per heavy atom. The Kier molecular flexibility index (Phi) is 12.3. The second-order valence-electron chi connectivity index (χ2n) is 16.0. The zero-order chi connectivity index (χ0) is 44.2. The van der Waals surface area contributed by atoms with Crippen LogP contribution in [0.5, 0.6) is 11.5 Å². The van der Waals surface area contributed by atoms with E-state index in [4.69, 9.17) is 42.6 Å². The van der Waals surface area contributed by atoms with Crippen molar-refractivity contribution in [3.05, 3.63) is 81.8 Å². The number of hydrogen-bond donors (Lipinski definition) is 0. The highest BCUT2D eigenvalue weighted by molar-refractivity contribution is 7.91. The lowest BCUT2D eigenvalue weighted by atomic mass is 9.98. The summed E-state index contributed by atoms with van der Waals surface area (Å²) < 4.78 is 68.5. The minimum Gasteiger partial charge on any atom is -0.488 e. The fraction of sp³-hybridized carbons (Fsp3) is 0.372. The minimum atomic E-state index is -3.86. The predicted octanol–water partition coefficient (Wildman–Crippen LogP) is 8.48. The number of nitrogens with zero attached hydrogens (tertiary/aromatic N) is 6. The maximum Gasteiger partial charge on any atom is 0.200 e. The van der Waals surface area contributed by atoms with Gasteiger partial charge in [0.05, 0.1) is 64.9 Å². The number of rotatable bonds is 12. The number of carbonyl (C=O) groups excluding carboxylic acids is 1. The molecule has 0 amide bonds. The first-order valence-electron chi connectivity index (χ1n) is 20.1. The molecule has 0 aliphatic carbocycles. The summed E-state index contributed by atoms with van der Waals surface area (Å²) in [5.41, 5.74) is 2.56. The minimum absolute atomic E-state index is 0.0203. The van der Waals surface area contributed by atoms with E-state index in [-0.39, 0.29) is 32.4 Å². The monoisotopic (exact) mass is 956 g/mol. The summed E-state index contributed by atoms with van der Waals surface area (Å²) in [5, 5.41) is 2.98. The predicted molar refractivity (Wildman–Crippen MR) is 252 cm³/mol. The van der Waals surface area contributed by atoms with Gasteiger partial charge in [-0.25, -0.2) is 26.8 Å². The van der Waals surface area contributed by atoms with Crippen LogP contribution in [0, 0.1) is 0 Å². The summed E-state index contributed by atoms with van der Waals surface area (Å²) in [6.45, 7) is 11.5. The van der Waals surface area contributed by atoms with Crippen molar-refractivity contribution in [1.82, 2.24) is 9.97 Å². The highest BCUT2D eigenvalue weighted by atomic mass is 35.5. The van der Waals surface area contributed by atoms with Gasteiger partial charge in [-0.05, 0) is 88.4 Å². The van der Waals surface area contributed by atoms with Crippen molar-refractivity contribution in [2.45, 2.75) is 49.7 Å². The van der Waals surface area contributed by atoms with Crippen molar-refractivity contribution in [3.63, 3.8) is 0 Å². The van der Waals surface area contributed by atoms with Crippen molar-refractivity contribution < 1.29 is 31.1 Å². The second kappa shape index (κ2) is 17.3. The highest BCUT2D eigenvalue weighted by Gasteiger charge is 2.33. The number of ether oxygens (including phenoxy) is 2. The summed E-state index contributed by atoms with van der Waals surface area (Å²) in [7, 11) is -7.72. The van der Waals surface area contributed by atoms with Crippen molar-refractivity contribution in [3.8, 4) is 11.5 Å². The van der Waals surface area contributed by atoms with Crippen molar-refractivity contribution in [1.29, 1.82) is 0 Å². The fourth-order valence-corrected chi connectivity index (χ4v) is 11.5. The molecule has 4 aromatic carbocycles. The van der Waals surface area contributed by atoms with Gasteiger partial charge in [0.2, 0.25) is 5.78 Å². The molecule has 0 spiro atoms. The first-order valence-corrected chi connectivity index (χ1v) is 26.3. The lowest BCUT2D eigenvalue weighted by Crippen LogP contribution is -2.47. The Morgan fingerprint density at radius 2 is 0.935 bits per heavy atom. The molecule has 19 heteroatoms. The molecule has 2 saturated heterocycles. The first kappa shape index (κ1) is 44.2. The van der Waals surface area contributed by atoms with Gasteiger partial charge in [0.1, 0.15) is 0 Å². The number of fused-ring (bicyclic) bond motifs is 2. The van der Waals surface area contributed by atoms with Crippen LogP contribution >= 0.6 is 45.9 Å². The number of hydrogen-bond acceptors (Lipinski definition) is 15. The summed E-state index contributed by atoms with van der Waals surface area (Å²) in [6.07, 6.45) is 1.38. The van der Waals surface area contributed by atoms with Crippen LogP contribution in [-0.2, 0) is 19.7 Å². The number of piperazine rings is 2. The second-order valence-corrected chi connectivity index (χ2v) is 22.9. The van der Waals surface area contributed by atoms with Gasteiger partial charge < -0.3 is 29.1 Å². The van der Waals surface area contributed by atoms with E-state index < -0.39 is 37.7 Å². The number of thiazole rings is 2. The van der Waals surface area contributed by atoms with Gasteiger partial charge in [-0.3, -0.25) is 4.79 Å². The van der Waals surface area contributed by atoms with Crippen LogP contribution < -0.4 is 29.1 Å². The van der Waals surface area contributed by atoms with Crippen molar-refractivity contribution >= 4 is 113 Å². The molecule has 0 unspecified atom stereocenters. The zero-order valence-corrected chi connectivity index (χ0v) is 39.8. The van der Waals surface area contributed by atoms with Crippen LogP contribution in [-0.4, -0.2) is 110 Å². The summed E-state index contributed by atoms with van der Waals surface area (Å²) in [5.74, 6) is -0.227. The Morgan fingerprint density at radius 3 is 1.27 bits per heavy atom. The average Bonchev–Trinajstić information content (AvgIpc) is 3.83. The molecule has 6 aromatic rings. The van der Waals surface area contributed by atoms with E-state index in [2.05, 4.69) is 9.80 Å². The van der Waals surface area contributed by atoms with E-state index in [0.717, 1.165) is 43.2 Å². The van der Waals surface area contributed by atoms with Gasteiger partial charge in [-0.2, -0.15) is 0 Å². The van der Waals surface area contributed by atoms with Crippen LogP contribution in [0.4, 0.5) is 21.6 Å². The van der Waals surface area contributed by atoms with E-state index in [9.17, 15) is 16.8 Å². The number of halogens is 2. The third kappa shape index (κ3) is 9.29. The van der Waals surface area contributed by atoms with Crippen molar-refractivity contribution in [2.24, 2.45) is 0 Å². The molecule has 0 bridgehead atoms. The summed E-state index contributed by atoms with van der Waals surface area (Å²) in [6, 6.07) is 17.0. The Hall–Kier alpha value is -4.39. The van der Waals surface area contributed by atoms with Crippen molar-refractivity contribution in [2.75, 3.05) is 84.5 Å². The van der Waals surface area contributed by atoms with E-state index >= 15 is 4.79 Å². The van der Waals surface area contributed by atoms with E-state index in [1.807, 2.05) is 73.9 Å². The van der Waals surface area contributed by atoms with Gasteiger partial charge in [-0.1, -0.05) is 45.9 Å².